The lowest BCUT2D eigenvalue weighted by molar-refractivity contribution is -0.0810. The molecule has 2 aromatic rings. The topological polar surface area (TPSA) is 51.7 Å². The molecule has 0 aromatic carbocycles. The number of hydrogen-bond acceptors (Lipinski definition) is 5. The van der Waals surface area contributed by atoms with Gasteiger partial charge in [-0.1, -0.05) is 6.07 Å². The highest BCUT2D eigenvalue weighted by molar-refractivity contribution is 7.08. The molecule has 0 radical (unpaired) electrons. The SMILES string of the molecule is O=C(c1ccsc1)N1C[C@H](OCc2cccnc2)[C@H]2OCCC[C@H]21. The minimum absolute atomic E-state index is 0.0296. The molecule has 2 fully saturated rings. The van der Waals surface area contributed by atoms with E-state index in [1.165, 1.54) is 0 Å². The normalized spacial score (nSPS) is 26.3. The van der Waals surface area contributed by atoms with Crippen LogP contribution < -0.4 is 0 Å². The van der Waals surface area contributed by atoms with Gasteiger partial charge in [-0.2, -0.15) is 11.3 Å². The summed E-state index contributed by atoms with van der Waals surface area (Å²) in [6.45, 7) is 1.82. The van der Waals surface area contributed by atoms with Gasteiger partial charge in [-0.05, 0) is 35.9 Å². The Morgan fingerprint density at radius 3 is 3.21 bits per heavy atom. The third-order valence-electron chi connectivity index (χ3n) is 4.69. The quantitative estimate of drug-likeness (QED) is 0.856. The fourth-order valence-corrected chi connectivity index (χ4v) is 4.16. The average molecular weight is 344 g/mol. The lowest BCUT2D eigenvalue weighted by Crippen LogP contribution is -2.43. The molecule has 3 atom stereocenters. The molecule has 0 unspecified atom stereocenters. The van der Waals surface area contributed by atoms with Crippen molar-refractivity contribution in [1.82, 2.24) is 9.88 Å². The van der Waals surface area contributed by atoms with E-state index in [0.717, 1.165) is 30.6 Å². The van der Waals surface area contributed by atoms with Crippen molar-refractivity contribution in [2.75, 3.05) is 13.2 Å². The zero-order valence-corrected chi connectivity index (χ0v) is 14.2. The van der Waals surface area contributed by atoms with Gasteiger partial charge in [-0.3, -0.25) is 9.78 Å². The van der Waals surface area contributed by atoms with E-state index < -0.39 is 0 Å². The molecule has 0 bridgehead atoms. The van der Waals surface area contributed by atoms with Gasteiger partial charge < -0.3 is 14.4 Å². The van der Waals surface area contributed by atoms with Crippen molar-refractivity contribution in [1.29, 1.82) is 0 Å². The van der Waals surface area contributed by atoms with Gasteiger partial charge in [0.2, 0.25) is 0 Å². The minimum atomic E-state index is -0.0851. The summed E-state index contributed by atoms with van der Waals surface area (Å²) >= 11 is 1.55. The number of thiophene rings is 1. The van der Waals surface area contributed by atoms with Crippen molar-refractivity contribution < 1.29 is 14.3 Å². The van der Waals surface area contributed by atoms with Gasteiger partial charge in [0.15, 0.2) is 0 Å². The maximum Gasteiger partial charge on any atom is 0.255 e. The van der Waals surface area contributed by atoms with Crippen molar-refractivity contribution in [3.05, 3.63) is 52.5 Å². The number of likely N-dealkylation sites (tertiary alicyclic amines) is 1. The molecule has 1 amide bonds. The Balaban J connectivity index is 1.48. The molecule has 5 nitrogen and oxygen atoms in total. The van der Waals surface area contributed by atoms with E-state index in [0.29, 0.717) is 13.2 Å². The van der Waals surface area contributed by atoms with E-state index >= 15 is 0 Å². The van der Waals surface area contributed by atoms with Crippen molar-refractivity contribution in [2.45, 2.75) is 37.7 Å². The predicted octanol–water partition coefficient (Wildman–Crippen LogP) is 2.73. The summed E-state index contributed by atoms with van der Waals surface area (Å²) in [7, 11) is 0. The van der Waals surface area contributed by atoms with Gasteiger partial charge in [-0.25, -0.2) is 0 Å². The summed E-state index contributed by atoms with van der Waals surface area (Å²) in [5.74, 6) is 0.0872. The lowest BCUT2D eigenvalue weighted by Gasteiger charge is -2.32. The third kappa shape index (κ3) is 3.09. The number of carbonyl (C=O) groups excluding carboxylic acids is 1. The van der Waals surface area contributed by atoms with Gasteiger partial charge >= 0.3 is 0 Å². The number of pyridine rings is 1. The smallest absolute Gasteiger partial charge is 0.255 e. The van der Waals surface area contributed by atoms with Crippen LogP contribution in [0.5, 0.6) is 0 Å². The number of fused-ring (bicyclic) bond motifs is 1. The molecule has 2 aliphatic heterocycles. The van der Waals surface area contributed by atoms with E-state index in [9.17, 15) is 4.79 Å². The first-order valence-electron chi connectivity index (χ1n) is 8.28. The Kier molecular flexibility index (Phi) is 4.60. The maximum atomic E-state index is 12.8. The lowest BCUT2D eigenvalue weighted by atomic mass is 10.0. The molecule has 2 aromatic heterocycles. The van der Waals surface area contributed by atoms with Gasteiger partial charge in [0, 0.05) is 24.4 Å². The molecule has 4 rings (SSSR count). The molecule has 24 heavy (non-hydrogen) atoms. The van der Waals surface area contributed by atoms with Crippen LogP contribution in [0, 0.1) is 0 Å². The van der Waals surface area contributed by atoms with E-state index in [2.05, 4.69) is 4.98 Å². The molecule has 0 spiro atoms. The van der Waals surface area contributed by atoms with Crippen LogP contribution in [-0.2, 0) is 16.1 Å². The number of nitrogens with zero attached hydrogens (tertiary/aromatic N) is 2. The zero-order valence-electron chi connectivity index (χ0n) is 13.3. The van der Waals surface area contributed by atoms with Crippen LogP contribution in [-0.4, -0.2) is 47.2 Å². The molecular weight excluding hydrogens is 324 g/mol. The van der Waals surface area contributed by atoms with Gasteiger partial charge in [0.1, 0.15) is 12.2 Å². The Morgan fingerprint density at radius 1 is 1.46 bits per heavy atom. The molecule has 4 heterocycles. The van der Waals surface area contributed by atoms with Crippen LogP contribution in [0.3, 0.4) is 0 Å². The Hall–Kier alpha value is -1.76. The van der Waals surface area contributed by atoms with E-state index in [1.807, 2.05) is 40.1 Å². The largest absolute Gasteiger partial charge is 0.373 e. The molecule has 6 heteroatoms. The summed E-state index contributed by atoms with van der Waals surface area (Å²) < 4.78 is 12.1. The van der Waals surface area contributed by atoms with Crippen LogP contribution in [0.25, 0.3) is 0 Å². The van der Waals surface area contributed by atoms with Crippen molar-refractivity contribution in [3.8, 4) is 0 Å². The molecule has 0 N–H and O–H groups in total. The van der Waals surface area contributed by atoms with Gasteiger partial charge in [-0.15, -0.1) is 0 Å². The number of hydrogen-bond donors (Lipinski definition) is 0. The van der Waals surface area contributed by atoms with Crippen molar-refractivity contribution in [2.24, 2.45) is 0 Å². The summed E-state index contributed by atoms with van der Waals surface area (Å²) in [5.41, 5.74) is 1.80. The van der Waals surface area contributed by atoms with Gasteiger partial charge in [0.25, 0.3) is 5.91 Å². The first-order chi connectivity index (χ1) is 11.8. The summed E-state index contributed by atoms with van der Waals surface area (Å²) in [6.07, 6.45) is 5.41. The fourth-order valence-electron chi connectivity index (χ4n) is 3.53. The molecule has 2 saturated heterocycles. The molecule has 0 saturated carbocycles. The highest BCUT2D eigenvalue weighted by atomic mass is 32.1. The molecule has 0 aliphatic carbocycles. The number of amides is 1. The summed E-state index contributed by atoms with van der Waals surface area (Å²) in [5, 5.41) is 3.85. The second kappa shape index (κ2) is 7.01. The van der Waals surface area contributed by atoms with E-state index in [1.54, 1.807) is 17.5 Å². The highest BCUT2D eigenvalue weighted by Crippen LogP contribution is 2.32. The van der Waals surface area contributed by atoms with Crippen LogP contribution in [0.1, 0.15) is 28.8 Å². The van der Waals surface area contributed by atoms with Crippen molar-refractivity contribution in [3.63, 3.8) is 0 Å². The average Bonchev–Trinajstić information content (AvgIpc) is 3.29. The van der Waals surface area contributed by atoms with Crippen LogP contribution in [0.15, 0.2) is 41.4 Å². The Morgan fingerprint density at radius 2 is 2.42 bits per heavy atom. The van der Waals surface area contributed by atoms with Crippen LogP contribution >= 0.6 is 11.3 Å². The molecule has 2 aliphatic rings. The third-order valence-corrected chi connectivity index (χ3v) is 5.38. The number of ether oxygens (including phenoxy) is 2. The minimum Gasteiger partial charge on any atom is -0.373 e. The number of carbonyl (C=O) groups is 1. The summed E-state index contributed by atoms with van der Waals surface area (Å²) in [4.78, 5) is 18.9. The zero-order chi connectivity index (χ0) is 16.4. The molecular formula is C18H20N2O3S. The first-order valence-corrected chi connectivity index (χ1v) is 9.22. The summed E-state index contributed by atoms with van der Waals surface area (Å²) in [6, 6.07) is 5.90. The van der Waals surface area contributed by atoms with E-state index in [-0.39, 0.29) is 24.2 Å². The Labute approximate surface area is 145 Å². The predicted molar refractivity (Wildman–Crippen MR) is 90.9 cm³/mol. The van der Waals surface area contributed by atoms with Crippen LogP contribution in [0.4, 0.5) is 0 Å². The number of aromatic nitrogens is 1. The van der Waals surface area contributed by atoms with E-state index in [4.69, 9.17) is 9.47 Å². The second-order valence-corrected chi connectivity index (χ2v) is 7.01. The number of rotatable bonds is 4. The first kappa shape index (κ1) is 15.7. The highest BCUT2D eigenvalue weighted by Gasteiger charge is 2.46. The maximum absolute atomic E-state index is 12.8. The van der Waals surface area contributed by atoms with Gasteiger partial charge in [0.05, 0.1) is 24.8 Å². The monoisotopic (exact) mass is 344 g/mol. The molecule has 126 valence electrons. The Bertz CT molecular complexity index is 677. The standard InChI is InChI=1S/C18H20N2O3S/c21-18(14-5-8-24-12-14)20-10-16(17-15(20)4-2-7-22-17)23-11-13-3-1-6-19-9-13/h1,3,5-6,8-9,12,15-17H,2,4,7,10-11H2/t15-,16+,17+/m1/s1. The fraction of sp³-hybridized carbons (Fsp3) is 0.444. The van der Waals surface area contributed by atoms with Crippen molar-refractivity contribution >= 4 is 17.2 Å². The second-order valence-electron chi connectivity index (χ2n) is 6.23. The van der Waals surface area contributed by atoms with Crippen LogP contribution in [0.2, 0.25) is 0 Å².